The Bertz CT molecular complexity index is 443. The molecule has 3 N–H and O–H groups in total. The van der Waals surface area contributed by atoms with Crippen molar-refractivity contribution in [3.05, 3.63) is 29.8 Å². The fourth-order valence-corrected chi connectivity index (χ4v) is 1.53. The molecule has 0 radical (unpaired) electrons. The zero-order chi connectivity index (χ0) is 11.1. The Hall–Kier alpha value is -1.88. The molecule has 1 aliphatic heterocycles. The fourth-order valence-electron chi connectivity index (χ4n) is 1.53. The number of hydrogen-bond acceptors (Lipinski definition) is 4. The van der Waals surface area contributed by atoms with Crippen LogP contribution in [0, 0.1) is 0 Å². The largest absolute Gasteiger partial charge is 0.479 e. The third kappa shape index (κ3) is 1.28. The highest BCUT2D eigenvalue weighted by Gasteiger charge is 2.47. The van der Waals surface area contributed by atoms with Gasteiger partial charge in [-0.1, -0.05) is 12.1 Å². The number of para-hydroxylation sites is 1. The first-order valence-corrected chi connectivity index (χ1v) is 4.39. The second-order valence-electron chi connectivity index (χ2n) is 3.39. The van der Waals surface area contributed by atoms with E-state index >= 15 is 0 Å². The summed E-state index contributed by atoms with van der Waals surface area (Å²) in [5, 5.41) is 21.1. The summed E-state index contributed by atoms with van der Waals surface area (Å²) in [4.78, 5) is 22.5. The summed E-state index contributed by atoms with van der Waals surface area (Å²) in [7, 11) is 0. The molecule has 1 atom stereocenters. The van der Waals surface area contributed by atoms with Crippen LogP contribution in [0.5, 0.6) is 0 Å². The molecule has 0 fully saturated rings. The summed E-state index contributed by atoms with van der Waals surface area (Å²) in [6.45, 7) is -0.307. The summed E-state index contributed by atoms with van der Waals surface area (Å²) in [5.41, 5.74) is -1.60. The van der Waals surface area contributed by atoms with Gasteiger partial charge in [-0.15, -0.1) is 0 Å². The molecule has 2 rings (SSSR count). The van der Waals surface area contributed by atoms with E-state index in [1.165, 1.54) is 6.07 Å². The van der Waals surface area contributed by atoms with E-state index < -0.39 is 17.4 Å². The predicted molar refractivity (Wildman–Crippen MR) is 51.8 cm³/mol. The highest BCUT2D eigenvalue weighted by molar-refractivity contribution is 6.18. The third-order valence-electron chi connectivity index (χ3n) is 2.44. The average Bonchev–Trinajstić information content (AvgIpc) is 2.24. The molecule has 5 heteroatoms. The van der Waals surface area contributed by atoms with Crippen LogP contribution in [0.1, 0.15) is 10.4 Å². The van der Waals surface area contributed by atoms with Gasteiger partial charge in [-0.3, -0.25) is 4.79 Å². The van der Waals surface area contributed by atoms with Gasteiger partial charge in [0.2, 0.25) is 11.4 Å². The van der Waals surface area contributed by atoms with Gasteiger partial charge in [0.1, 0.15) is 0 Å². The van der Waals surface area contributed by atoms with Crippen LogP contribution in [0.15, 0.2) is 24.3 Å². The van der Waals surface area contributed by atoms with E-state index in [0.29, 0.717) is 5.69 Å². The molecule has 0 amide bonds. The number of aliphatic carboxylic acids is 1. The van der Waals surface area contributed by atoms with Crippen LogP contribution in [0.2, 0.25) is 0 Å². The number of nitrogens with one attached hydrogen (secondary N) is 1. The normalized spacial score (nSPS) is 24.2. The van der Waals surface area contributed by atoms with E-state index in [1.54, 1.807) is 18.2 Å². The molecule has 1 aromatic carbocycles. The number of rotatable bonds is 1. The van der Waals surface area contributed by atoms with Crippen LogP contribution in [-0.2, 0) is 4.79 Å². The number of carbonyl (C=O) groups excluding carboxylic acids is 1. The Labute approximate surface area is 85.3 Å². The van der Waals surface area contributed by atoms with Crippen molar-refractivity contribution in [2.75, 3.05) is 11.9 Å². The maximum atomic E-state index is 11.7. The fraction of sp³-hybridized carbons (Fsp3) is 0.200. The van der Waals surface area contributed by atoms with Crippen LogP contribution >= 0.6 is 0 Å². The summed E-state index contributed by atoms with van der Waals surface area (Å²) in [6, 6.07) is 6.49. The first kappa shape index (κ1) is 9.67. The number of Topliss-reactive ketones (excluding diaryl/α,β-unsaturated/α-hetero) is 1. The van der Waals surface area contributed by atoms with E-state index in [9.17, 15) is 14.7 Å². The molecular formula is C10H9NO4. The summed E-state index contributed by atoms with van der Waals surface area (Å²) < 4.78 is 0. The summed E-state index contributed by atoms with van der Waals surface area (Å²) in [6.07, 6.45) is 0. The number of fused-ring (bicyclic) bond motifs is 1. The number of carboxylic acids is 1. The maximum absolute atomic E-state index is 11.7. The number of benzene rings is 1. The number of aliphatic hydroxyl groups is 1. The van der Waals surface area contributed by atoms with Crippen molar-refractivity contribution in [3.63, 3.8) is 0 Å². The topological polar surface area (TPSA) is 86.6 Å². The minimum absolute atomic E-state index is 0.202. The second-order valence-corrected chi connectivity index (χ2v) is 3.39. The molecular weight excluding hydrogens is 198 g/mol. The Morgan fingerprint density at radius 2 is 2.07 bits per heavy atom. The zero-order valence-corrected chi connectivity index (χ0v) is 7.73. The van der Waals surface area contributed by atoms with Gasteiger partial charge in [0.15, 0.2) is 0 Å². The number of ketones is 1. The first-order valence-electron chi connectivity index (χ1n) is 4.39. The third-order valence-corrected chi connectivity index (χ3v) is 2.44. The highest BCUT2D eigenvalue weighted by atomic mass is 16.4. The minimum Gasteiger partial charge on any atom is -0.479 e. The Balaban J connectivity index is 2.51. The van der Waals surface area contributed by atoms with Gasteiger partial charge in [-0.25, -0.2) is 4.79 Å². The van der Waals surface area contributed by atoms with Crippen molar-refractivity contribution in [2.24, 2.45) is 0 Å². The Morgan fingerprint density at radius 3 is 2.73 bits per heavy atom. The van der Waals surface area contributed by atoms with Crippen LogP contribution in [-0.4, -0.2) is 34.1 Å². The lowest BCUT2D eigenvalue weighted by molar-refractivity contribution is -0.152. The lowest BCUT2D eigenvalue weighted by atomic mass is 9.88. The van der Waals surface area contributed by atoms with Gasteiger partial charge < -0.3 is 15.5 Å². The van der Waals surface area contributed by atoms with Crippen molar-refractivity contribution >= 4 is 17.4 Å². The lowest BCUT2D eigenvalue weighted by Gasteiger charge is -2.28. The Kier molecular flexibility index (Phi) is 1.97. The van der Waals surface area contributed by atoms with Crippen molar-refractivity contribution in [2.45, 2.75) is 5.60 Å². The molecule has 0 aliphatic carbocycles. The van der Waals surface area contributed by atoms with Gasteiger partial charge in [-0.05, 0) is 12.1 Å². The van der Waals surface area contributed by atoms with E-state index in [0.717, 1.165) is 0 Å². The molecule has 1 unspecified atom stereocenters. The van der Waals surface area contributed by atoms with E-state index in [1.807, 2.05) is 0 Å². The molecule has 5 nitrogen and oxygen atoms in total. The standard InChI is InChI=1S/C10H9NO4/c12-8-6-3-1-2-4-7(6)11-5-10(8,15)9(13)14/h1-4,11,15H,5H2,(H,13,14). The van der Waals surface area contributed by atoms with Crippen molar-refractivity contribution in [3.8, 4) is 0 Å². The molecule has 15 heavy (non-hydrogen) atoms. The minimum atomic E-state index is -2.35. The van der Waals surface area contributed by atoms with Crippen molar-refractivity contribution in [1.82, 2.24) is 0 Å². The monoisotopic (exact) mass is 207 g/mol. The van der Waals surface area contributed by atoms with Crippen LogP contribution in [0.25, 0.3) is 0 Å². The molecule has 0 saturated heterocycles. The molecule has 0 saturated carbocycles. The Morgan fingerprint density at radius 1 is 1.40 bits per heavy atom. The molecule has 0 bridgehead atoms. The van der Waals surface area contributed by atoms with Gasteiger partial charge in [0, 0.05) is 11.3 Å². The van der Waals surface area contributed by atoms with Gasteiger partial charge in [0.25, 0.3) is 0 Å². The van der Waals surface area contributed by atoms with Crippen LogP contribution < -0.4 is 5.32 Å². The van der Waals surface area contributed by atoms with Gasteiger partial charge >= 0.3 is 5.97 Å². The summed E-state index contributed by atoms with van der Waals surface area (Å²) in [5.74, 6) is -2.31. The lowest BCUT2D eigenvalue weighted by Crippen LogP contribution is -2.54. The number of carboxylic acid groups (broad SMARTS) is 1. The molecule has 0 aromatic heterocycles. The van der Waals surface area contributed by atoms with Gasteiger partial charge in [0.05, 0.1) is 6.54 Å². The van der Waals surface area contributed by atoms with Crippen molar-refractivity contribution in [1.29, 1.82) is 0 Å². The quantitative estimate of drug-likeness (QED) is 0.569. The predicted octanol–water partition coefficient (Wildman–Crippen LogP) is 0.110. The number of hydrogen-bond donors (Lipinski definition) is 3. The molecule has 78 valence electrons. The number of carbonyl (C=O) groups is 2. The molecule has 1 heterocycles. The number of β-amino-alcohol motifs (C(OH)–C–C–N with tert-alkyl or cyclic N) is 1. The van der Waals surface area contributed by atoms with E-state index in [4.69, 9.17) is 5.11 Å². The van der Waals surface area contributed by atoms with E-state index in [-0.39, 0.29) is 12.1 Å². The molecule has 1 aliphatic rings. The molecule has 1 aromatic rings. The first-order chi connectivity index (χ1) is 7.05. The molecule has 0 spiro atoms. The summed E-state index contributed by atoms with van der Waals surface area (Å²) >= 11 is 0. The second kappa shape index (κ2) is 3.06. The zero-order valence-electron chi connectivity index (χ0n) is 7.73. The smallest absolute Gasteiger partial charge is 0.345 e. The van der Waals surface area contributed by atoms with Crippen LogP contribution in [0.3, 0.4) is 0 Å². The number of anilines is 1. The SMILES string of the molecule is O=C(O)C1(O)CNc2ccccc2C1=O. The maximum Gasteiger partial charge on any atom is 0.345 e. The van der Waals surface area contributed by atoms with Crippen LogP contribution in [0.4, 0.5) is 5.69 Å². The van der Waals surface area contributed by atoms with Crippen molar-refractivity contribution < 1.29 is 19.8 Å². The average molecular weight is 207 g/mol. The van der Waals surface area contributed by atoms with E-state index in [2.05, 4.69) is 5.32 Å². The van der Waals surface area contributed by atoms with Gasteiger partial charge in [-0.2, -0.15) is 0 Å². The highest BCUT2D eigenvalue weighted by Crippen LogP contribution is 2.26.